The number of nitrogens with zero attached hydrogens (tertiary/aromatic N) is 3. The molecule has 5 heteroatoms. The standard InChI is InChI=1S/C15H18N4O/c1-2-4-13-12(3-1)15-18-17-14(19(15)9-10-20-13)11-5-7-16-8-6-11/h1-4,11,16H,5-10H2. The first-order chi connectivity index (χ1) is 9.93. The summed E-state index contributed by atoms with van der Waals surface area (Å²) in [6, 6.07) is 8.09. The van der Waals surface area contributed by atoms with Gasteiger partial charge in [-0.3, -0.25) is 0 Å². The number of fused-ring (bicyclic) bond motifs is 3. The molecule has 0 unspecified atom stereocenters. The van der Waals surface area contributed by atoms with Gasteiger partial charge < -0.3 is 14.6 Å². The van der Waals surface area contributed by atoms with Crippen molar-refractivity contribution in [1.29, 1.82) is 0 Å². The lowest BCUT2D eigenvalue weighted by Crippen LogP contribution is -2.28. The van der Waals surface area contributed by atoms with Gasteiger partial charge in [-0.25, -0.2) is 0 Å². The minimum Gasteiger partial charge on any atom is -0.491 e. The molecule has 0 spiro atoms. The number of ether oxygens (including phenoxy) is 1. The molecule has 5 nitrogen and oxygen atoms in total. The van der Waals surface area contributed by atoms with E-state index in [4.69, 9.17) is 4.74 Å². The summed E-state index contributed by atoms with van der Waals surface area (Å²) in [6.45, 7) is 3.65. The number of aromatic nitrogens is 3. The Balaban J connectivity index is 1.78. The molecule has 0 amide bonds. The van der Waals surface area contributed by atoms with Crippen molar-refractivity contribution in [3.05, 3.63) is 30.1 Å². The van der Waals surface area contributed by atoms with Gasteiger partial charge in [-0.2, -0.15) is 0 Å². The quantitative estimate of drug-likeness (QED) is 0.858. The Morgan fingerprint density at radius 2 is 2.00 bits per heavy atom. The molecule has 2 aliphatic heterocycles. The number of piperidine rings is 1. The van der Waals surface area contributed by atoms with Crippen molar-refractivity contribution < 1.29 is 4.74 Å². The third kappa shape index (κ3) is 1.89. The predicted molar refractivity (Wildman–Crippen MR) is 75.8 cm³/mol. The molecule has 1 fully saturated rings. The van der Waals surface area contributed by atoms with Gasteiger partial charge in [-0.1, -0.05) is 12.1 Å². The molecule has 4 rings (SSSR count). The van der Waals surface area contributed by atoms with Gasteiger partial charge in [0.05, 0.1) is 12.1 Å². The maximum atomic E-state index is 5.83. The molecule has 0 aliphatic carbocycles. The third-order valence-corrected chi connectivity index (χ3v) is 4.18. The normalized spacial score (nSPS) is 18.8. The number of benzene rings is 1. The Bertz CT molecular complexity index is 616. The largest absolute Gasteiger partial charge is 0.491 e. The van der Waals surface area contributed by atoms with Gasteiger partial charge in [-0.15, -0.1) is 10.2 Å². The highest BCUT2D eigenvalue weighted by Crippen LogP contribution is 2.33. The topological polar surface area (TPSA) is 52.0 Å². The highest BCUT2D eigenvalue weighted by molar-refractivity contribution is 5.64. The van der Waals surface area contributed by atoms with E-state index in [2.05, 4.69) is 26.1 Å². The molecule has 3 heterocycles. The summed E-state index contributed by atoms with van der Waals surface area (Å²) in [5, 5.41) is 12.3. The molecule has 1 aromatic carbocycles. The molecule has 1 N–H and O–H groups in total. The van der Waals surface area contributed by atoms with E-state index in [0.29, 0.717) is 12.5 Å². The second-order valence-electron chi connectivity index (χ2n) is 5.40. The molecule has 2 aromatic rings. The van der Waals surface area contributed by atoms with Gasteiger partial charge in [0, 0.05) is 5.92 Å². The van der Waals surface area contributed by atoms with Gasteiger partial charge in [0.1, 0.15) is 18.2 Å². The molecule has 0 bridgehead atoms. The van der Waals surface area contributed by atoms with Crippen LogP contribution in [0.3, 0.4) is 0 Å². The first-order valence-corrected chi connectivity index (χ1v) is 7.29. The van der Waals surface area contributed by atoms with E-state index in [-0.39, 0.29) is 0 Å². The first kappa shape index (κ1) is 11.9. The predicted octanol–water partition coefficient (Wildman–Crippen LogP) is 1.80. The molecule has 1 saturated heterocycles. The lowest BCUT2D eigenvalue weighted by molar-refractivity contribution is 0.301. The molecule has 2 aliphatic rings. The summed E-state index contributed by atoms with van der Waals surface area (Å²) < 4.78 is 8.08. The number of hydrogen-bond donors (Lipinski definition) is 1. The van der Waals surface area contributed by atoms with E-state index in [1.807, 2.05) is 18.2 Å². The molecule has 0 radical (unpaired) electrons. The highest BCUT2D eigenvalue weighted by atomic mass is 16.5. The molecular weight excluding hydrogens is 252 g/mol. The van der Waals surface area contributed by atoms with Crippen LogP contribution in [-0.2, 0) is 6.54 Å². The van der Waals surface area contributed by atoms with Crippen LogP contribution in [0.2, 0.25) is 0 Å². The van der Waals surface area contributed by atoms with Crippen LogP contribution in [0, 0.1) is 0 Å². The van der Waals surface area contributed by atoms with Crippen LogP contribution in [0.25, 0.3) is 11.4 Å². The van der Waals surface area contributed by atoms with Crippen LogP contribution >= 0.6 is 0 Å². The molecular formula is C15H18N4O. The zero-order chi connectivity index (χ0) is 13.4. The minimum atomic E-state index is 0.516. The zero-order valence-electron chi connectivity index (χ0n) is 11.4. The molecule has 104 valence electrons. The van der Waals surface area contributed by atoms with Crippen LogP contribution < -0.4 is 10.1 Å². The number of nitrogens with one attached hydrogen (secondary N) is 1. The van der Waals surface area contributed by atoms with E-state index in [0.717, 1.165) is 55.4 Å². The molecule has 1 aromatic heterocycles. The summed E-state index contributed by atoms with van der Waals surface area (Å²) in [6.07, 6.45) is 2.28. The van der Waals surface area contributed by atoms with E-state index < -0.39 is 0 Å². The van der Waals surface area contributed by atoms with Crippen LogP contribution in [0.4, 0.5) is 0 Å². The zero-order valence-corrected chi connectivity index (χ0v) is 11.4. The lowest BCUT2D eigenvalue weighted by Gasteiger charge is -2.22. The fraction of sp³-hybridized carbons (Fsp3) is 0.467. The van der Waals surface area contributed by atoms with Crippen molar-refractivity contribution in [1.82, 2.24) is 20.1 Å². The Hall–Kier alpha value is -1.88. The van der Waals surface area contributed by atoms with Gasteiger partial charge in [0.2, 0.25) is 0 Å². The van der Waals surface area contributed by atoms with Crippen LogP contribution in [0.1, 0.15) is 24.6 Å². The molecule has 0 saturated carbocycles. The van der Waals surface area contributed by atoms with Crippen molar-refractivity contribution in [3.8, 4) is 17.1 Å². The van der Waals surface area contributed by atoms with Gasteiger partial charge in [-0.05, 0) is 38.1 Å². The van der Waals surface area contributed by atoms with E-state index in [9.17, 15) is 0 Å². The summed E-state index contributed by atoms with van der Waals surface area (Å²) in [5.74, 6) is 3.51. The number of rotatable bonds is 1. The van der Waals surface area contributed by atoms with E-state index in [1.165, 1.54) is 0 Å². The van der Waals surface area contributed by atoms with Gasteiger partial charge in [0.15, 0.2) is 5.82 Å². The smallest absolute Gasteiger partial charge is 0.167 e. The summed E-state index contributed by atoms with van der Waals surface area (Å²) in [4.78, 5) is 0. The summed E-state index contributed by atoms with van der Waals surface area (Å²) >= 11 is 0. The average molecular weight is 270 g/mol. The van der Waals surface area contributed by atoms with E-state index >= 15 is 0 Å². The SMILES string of the molecule is c1ccc2c(c1)OCCn1c-2nnc1C1CCNCC1. The molecule has 0 atom stereocenters. The maximum Gasteiger partial charge on any atom is 0.167 e. The van der Waals surface area contributed by atoms with Crippen molar-refractivity contribution in [3.63, 3.8) is 0 Å². The van der Waals surface area contributed by atoms with Crippen molar-refractivity contribution >= 4 is 0 Å². The number of para-hydroxylation sites is 1. The van der Waals surface area contributed by atoms with Crippen molar-refractivity contribution in [2.45, 2.75) is 25.3 Å². The second-order valence-corrected chi connectivity index (χ2v) is 5.40. The minimum absolute atomic E-state index is 0.516. The first-order valence-electron chi connectivity index (χ1n) is 7.29. The van der Waals surface area contributed by atoms with Crippen molar-refractivity contribution in [2.75, 3.05) is 19.7 Å². The fourth-order valence-corrected chi connectivity index (χ4v) is 3.14. The van der Waals surface area contributed by atoms with Crippen molar-refractivity contribution in [2.24, 2.45) is 0 Å². The Morgan fingerprint density at radius 3 is 2.90 bits per heavy atom. The Morgan fingerprint density at radius 1 is 1.15 bits per heavy atom. The summed E-state index contributed by atoms with van der Waals surface area (Å²) in [5.41, 5.74) is 1.05. The third-order valence-electron chi connectivity index (χ3n) is 4.18. The Kier molecular flexibility index (Phi) is 2.92. The van der Waals surface area contributed by atoms with Gasteiger partial charge >= 0.3 is 0 Å². The Labute approximate surface area is 118 Å². The monoisotopic (exact) mass is 270 g/mol. The second kappa shape index (κ2) is 4.90. The average Bonchev–Trinajstić information content (AvgIpc) is 2.84. The van der Waals surface area contributed by atoms with Gasteiger partial charge in [0.25, 0.3) is 0 Å². The van der Waals surface area contributed by atoms with Crippen LogP contribution in [-0.4, -0.2) is 34.5 Å². The van der Waals surface area contributed by atoms with Crippen LogP contribution in [0.5, 0.6) is 5.75 Å². The summed E-state index contributed by atoms with van der Waals surface area (Å²) in [7, 11) is 0. The number of hydrogen-bond acceptors (Lipinski definition) is 4. The maximum absolute atomic E-state index is 5.83. The van der Waals surface area contributed by atoms with E-state index in [1.54, 1.807) is 0 Å². The molecule has 20 heavy (non-hydrogen) atoms. The highest BCUT2D eigenvalue weighted by Gasteiger charge is 2.26. The fourth-order valence-electron chi connectivity index (χ4n) is 3.14. The van der Waals surface area contributed by atoms with Crippen LogP contribution in [0.15, 0.2) is 24.3 Å². The lowest BCUT2D eigenvalue weighted by atomic mass is 9.97.